The lowest BCUT2D eigenvalue weighted by atomic mass is 10.2. The summed E-state index contributed by atoms with van der Waals surface area (Å²) in [6, 6.07) is 9.13. The van der Waals surface area contributed by atoms with Crippen LogP contribution in [0, 0.1) is 0 Å². The van der Waals surface area contributed by atoms with Crippen LogP contribution >= 0.6 is 0 Å². The van der Waals surface area contributed by atoms with Crippen LogP contribution in [0.1, 0.15) is 18.4 Å². The molecule has 0 unspecified atom stereocenters. The van der Waals surface area contributed by atoms with Gasteiger partial charge >= 0.3 is 5.97 Å². The van der Waals surface area contributed by atoms with Gasteiger partial charge in [0.1, 0.15) is 0 Å². The van der Waals surface area contributed by atoms with Crippen LogP contribution in [0.3, 0.4) is 0 Å². The van der Waals surface area contributed by atoms with Crippen molar-refractivity contribution in [3.63, 3.8) is 0 Å². The van der Waals surface area contributed by atoms with Gasteiger partial charge in [0.05, 0.1) is 6.42 Å². The van der Waals surface area contributed by atoms with E-state index in [2.05, 4.69) is 5.32 Å². The second kappa shape index (κ2) is 7.01. The first kappa shape index (κ1) is 11.7. The molecule has 2 rings (SSSR count). The quantitative estimate of drug-likeness (QED) is 0.775. The lowest BCUT2D eigenvalue weighted by Gasteiger charge is -1.92. The highest BCUT2D eigenvalue weighted by Crippen LogP contribution is 1.98. The molecule has 2 N–H and O–H groups in total. The van der Waals surface area contributed by atoms with Crippen LogP contribution in [0.2, 0.25) is 0 Å². The minimum Gasteiger partial charge on any atom is -0.481 e. The maximum Gasteiger partial charge on any atom is 0.307 e. The predicted octanol–water partition coefficient (Wildman–Crippen LogP) is 1.68. The summed E-state index contributed by atoms with van der Waals surface area (Å²) in [6.07, 6.45) is 2.89. The molecular formula is C12H17NO2. The van der Waals surface area contributed by atoms with Crippen molar-refractivity contribution in [2.24, 2.45) is 0 Å². The number of nitrogens with one attached hydrogen (secondary N) is 1. The summed E-state index contributed by atoms with van der Waals surface area (Å²) in [5.41, 5.74) is 0.843. The number of rotatable bonds is 2. The second-order valence-electron chi connectivity index (χ2n) is 3.51. The third-order valence-corrected chi connectivity index (χ3v) is 2.16. The Hall–Kier alpha value is -1.35. The maximum absolute atomic E-state index is 10.2. The van der Waals surface area contributed by atoms with Crippen molar-refractivity contribution < 1.29 is 9.90 Å². The Balaban J connectivity index is 0.000000187. The molecule has 1 heterocycles. The van der Waals surface area contributed by atoms with Gasteiger partial charge in [-0.1, -0.05) is 30.3 Å². The van der Waals surface area contributed by atoms with E-state index in [1.165, 1.54) is 25.9 Å². The lowest BCUT2D eigenvalue weighted by molar-refractivity contribution is -0.136. The SMILES string of the molecule is C1CCNC1.O=C(O)Cc1ccccc1. The standard InChI is InChI=1S/C8H8O2.C4H9N/c9-8(10)6-7-4-2-1-3-5-7;1-2-4-5-3-1/h1-5H,6H2,(H,9,10);5H,1-4H2. The summed E-state index contributed by atoms with van der Waals surface area (Å²) in [7, 11) is 0. The van der Waals surface area contributed by atoms with Crippen LogP contribution in [0.5, 0.6) is 0 Å². The topological polar surface area (TPSA) is 49.3 Å². The van der Waals surface area contributed by atoms with Gasteiger partial charge in [0, 0.05) is 0 Å². The van der Waals surface area contributed by atoms with Crippen LogP contribution in [0.25, 0.3) is 0 Å². The van der Waals surface area contributed by atoms with Crippen molar-refractivity contribution in [1.82, 2.24) is 5.32 Å². The molecule has 1 saturated heterocycles. The van der Waals surface area contributed by atoms with Gasteiger partial charge in [0.15, 0.2) is 0 Å². The van der Waals surface area contributed by atoms with Gasteiger partial charge in [-0.25, -0.2) is 0 Å². The smallest absolute Gasteiger partial charge is 0.307 e. The Morgan fingerprint density at radius 1 is 1.20 bits per heavy atom. The first-order valence-corrected chi connectivity index (χ1v) is 5.25. The third-order valence-electron chi connectivity index (χ3n) is 2.16. The number of carboxylic acids is 1. The van der Waals surface area contributed by atoms with Gasteiger partial charge in [-0.2, -0.15) is 0 Å². The van der Waals surface area contributed by atoms with Gasteiger partial charge in [0.2, 0.25) is 0 Å². The van der Waals surface area contributed by atoms with Crippen LogP contribution in [-0.4, -0.2) is 24.2 Å². The number of carbonyl (C=O) groups is 1. The summed E-state index contributed by atoms with van der Waals surface area (Å²) < 4.78 is 0. The highest BCUT2D eigenvalue weighted by Gasteiger charge is 1.96. The van der Waals surface area contributed by atoms with E-state index in [0.717, 1.165) is 5.56 Å². The molecule has 0 bridgehead atoms. The average molecular weight is 207 g/mol. The molecule has 3 heteroatoms. The molecule has 82 valence electrons. The summed E-state index contributed by atoms with van der Waals surface area (Å²) >= 11 is 0. The number of aliphatic carboxylic acids is 1. The van der Waals surface area contributed by atoms with E-state index in [0.29, 0.717) is 0 Å². The second-order valence-corrected chi connectivity index (χ2v) is 3.51. The number of hydrogen-bond acceptors (Lipinski definition) is 2. The molecule has 1 aromatic rings. The molecule has 1 aliphatic rings. The van der Waals surface area contributed by atoms with Crippen molar-refractivity contribution in [2.75, 3.05) is 13.1 Å². The highest BCUT2D eigenvalue weighted by atomic mass is 16.4. The highest BCUT2D eigenvalue weighted by molar-refractivity contribution is 5.70. The molecule has 15 heavy (non-hydrogen) atoms. The summed E-state index contributed by atoms with van der Waals surface area (Å²) in [6.45, 7) is 2.50. The Kier molecular flexibility index (Phi) is 5.48. The lowest BCUT2D eigenvalue weighted by Crippen LogP contribution is -2.03. The molecule has 0 aliphatic carbocycles. The minimum absolute atomic E-state index is 0.112. The van der Waals surface area contributed by atoms with Gasteiger partial charge in [0.25, 0.3) is 0 Å². The van der Waals surface area contributed by atoms with Gasteiger partial charge in [-0.05, 0) is 31.5 Å². The maximum atomic E-state index is 10.2. The van der Waals surface area contributed by atoms with Gasteiger partial charge < -0.3 is 10.4 Å². The molecule has 0 saturated carbocycles. The zero-order valence-electron chi connectivity index (χ0n) is 8.78. The van der Waals surface area contributed by atoms with Crippen LogP contribution in [0.4, 0.5) is 0 Å². The van der Waals surface area contributed by atoms with Crippen molar-refractivity contribution in [2.45, 2.75) is 19.3 Å². The molecule has 1 aliphatic heterocycles. The monoisotopic (exact) mass is 207 g/mol. The molecule has 1 aromatic carbocycles. The normalized spacial score (nSPS) is 14.1. The van der Waals surface area contributed by atoms with Crippen molar-refractivity contribution in [3.05, 3.63) is 35.9 Å². The first-order chi connectivity index (χ1) is 7.29. The Bertz CT molecular complexity index is 273. The fourth-order valence-electron chi connectivity index (χ4n) is 1.40. The van der Waals surface area contributed by atoms with Crippen molar-refractivity contribution in [3.8, 4) is 0 Å². The Labute approximate surface area is 90.1 Å². The molecule has 0 atom stereocenters. The fraction of sp³-hybridized carbons (Fsp3) is 0.417. The molecule has 0 amide bonds. The Morgan fingerprint density at radius 3 is 2.20 bits per heavy atom. The zero-order valence-corrected chi connectivity index (χ0v) is 8.78. The van der Waals surface area contributed by atoms with E-state index >= 15 is 0 Å². The number of carboxylic acid groups (broad SMARTS) is 1. The van der Waals surface area contributed by atoms with E-state index in [1.807, 2.05) is 18.2 Å². The molecule has 0 aromatic heterocycles. The Morgan fingerprint density at radius 2 is 1.80 bits per heavy atom. The molecule has 3 nitrogen and oxygen atoms in total. The number of hydrogen-bond donors (Lipinski definition) is 2. The summed E-state index contributed by atoms with van der Waals surface area (Å²) in [5.74, 6) is -0.786. The third kappa shape index (κ3) is 5.86. The first-order valence-electron chi connectivity index (χ1n) is 5.25. The van der Waals surface area contributed by atoms with Crippen molar-refractivity contribution in [1.29, 1.82) is 0 Å². The van der Waals surface area contributed by atoms with E-state index in [-0.39, 0.29) is 6.42 Å². The summed E-state index contributed by atoms with van der Waals surface area (Å²) in [4.78, 5) is 10.2. The summed E-state index contributed by atoms with van der Waals surface area (Å²) in [5, 5.41) is 11.6. The van der Waals surface area contributed by atoms with Crippen LogP contribution in [-0.2, 0) is 11.2 Å². The fourth-order valence-corrected chi connectivity index (χ4v) is 1.40. The largest absolute Gasteiger partial charge is 0.481 e. The zero-order chi connectivity index (χ0) is 10.9. The number of benzene rings is 1. The van der Waals surface area contributed by atoms with Gasteiger partial charge in [-0.3, -0.25) is 4.79 Å². The molecule has 0 spiro atoms. The average Bonchev–Trinajstić information content (AvgIpc) is 2.76. The van der Waals surface area contributed by atoms with E-state index in [4.69, 9.17) is 5.11 Å². The minimum atomic E-state index is -0.786. The van der Waals surface area contributed by atoms with E-state index < -0.39 is 5.97 Å². The molecular weight excluding hydrogens is 190 g/mol. The van der Waals surface area contributed by atoms with Gasteiger partial charge in [-0.15, -0.1) is 0 Å². The molecule has 1 fully saturated rings. The predicted molar refractivity (Wildman–Crippen MR) is 59.9 cm³/mol. The molecule has 0 radical (unpaired) electrons. The van der Waals surface area contributed by atoms with E-state index in [1.54, 1.807) is 12.1 Å². The van der Waals surface area contributed by atoms with Crippen LogP contribution in [0.15, 0.2) is 30.3 Å². The van der Waals surface area contributed by atoms with Crippen molar-refractivity contribution >= 4 is 5.97 Å². The van der Waals surface area contributed by atoms with Crippen LogP contribution < -0.4 is 5.32 Å². The van der Waals surface area contributed by atoms with E-state index in [9.17, 15) is 4.79 Å².